The number of imidazole rings is 1. The molecule has 9 nitrogen and oxygen atoms in total. The predicted octanol–water partition coefficient (Wildman–Crippen LogP) is 5.03. The molecule has 5 rings (SSSR count). The molecule has 9 heteroatoms. The Bertz CT molecular complexity index is 1790. The zero-order valence-electron chi connectivity index (χ0n) is 21.1. The molecule has 0 fully saturated rings. The fraction of sp³-hybridized carbons (Fsp3) is 0.133. The molecule has 196 valence electrons. The first-order chi connectivity index (χ1) is 18.6. The summed E-state index contributed by atoms with van der Waals surface area (Å²) >= 11 is 0. The van der Waals surface area contributed by atoms with Gasteiger partial charge in [0, 0.05) is 11.1 Å². The van der Waals surface area contributed by atoms with Crippen molar-refractivity contribution in [3.8, 4) is 28.3 Å². The van der Waals surface area contributed by atoms with Crippen LogP contribution in [0, 0.1) is 13.8 Å². The predicted molar refractivity (Wildman–Crippen MR) is 147 cm³/mol. The number of hydrogen-bond acceptors (Lipinski definition) is 5. The molecule has 0 spiro atoms. The topological polar surface area (TPSA) is 153 Å². The van der Waals surface area contributed by atoms with Gasteiger partial charge in [-0.05, 0) is 60.2 Å². The molecule has 1 atom stereocenters. The molecule has 0 saturated carbocycles. The fourth-order valence-electron chi connectivity index (χ4n) is 4.67. The number of rotatable bonds is 7. The number of carbonyl (C=O) groups is 3. The summed E-state index contributed by atoms with van der Waals surface area (Å²) in [7, 11) is 0. The van der Waals surface area contributed by atoms with E-state index in [4.69, 9.17) is 10.1 Å². The highest BCUT2D eigenvalue weighted by Crippen LogP contribution is 2.35. The van der Waals surface area contributed by atoms with Crippen LogP contribution < -0.4 is 5.32 Å². The number of aryl methyl sites for hydroxylation is 2. The number of carboxylic acids is 2. The lowest BCUT2D eigenvalue weighted by molar-refractivity contribution is -0.145. The van der Waals surface area contributed by atoms with Crippen molar-refractivity contribution in [3.05, 3.63) is 83.4 Å². The number of aromatic hydroxyl groups is 1. The highest BCUT2D eigenvalue weighted by Gasteiger charge is 2.24. The van der Waals surface area contributed by atoms with Crippen LogP contribution in [0.5, 0.6) is 5.75 Å². The van der Waals surface area contributed by atoms with Crippen molar-refractivity contribution in [2.45, 2.75) is 26.3 Å². The average Bonchev–Trinajstić information content (AvgIpc) is 3.32. The van der Waals surface area contributed by atoms with Crippen LogP contribution in [-0.4, -0.2) is 49.2 Å². The lowest BCUT2D eigenvalue weighted by Gasteiger charge is -2.13. The number of carbonyl (C=O) groups excluding carboxylic acids is 1. The van der Waals surface area contributed by atoms with Gasteiger partial charge in [-0.3, -0.25) is 9.59 Å². The summed E-state index contributed by atoms with van der Waals surface area (Å²) in [5.74, 6) is -3.23. The zero-order chi connectivity index (χ0) is 27.8. The number of aromatic nitrogens is 2. The molecule has 5 N–H and O–H groups in total. The quantitative estimate of drug-likeness (QED) is 0.201. The Morgan fingerprint density at radius 2 is 1.72 bits per heavy atom. The van der Waals surface area contributed by atoms with Crippen LogP contribution in [0.25, 0.3) is 44.3 Å². The maximum atomic E-state index is 12.7. The van der Waals surface area contributed by atoms with Crippen molar-refractivity contribution in [1.82, 2.24) is 15.3 Å². The lowest BCUT2D eigenvalue weighted by Crippen LogP contribution is -2.42. The Morgan fingerprint density at radius 3 is 2.44 bits per heavy atom. The Morgan fingerprint density at radius 1 is 0.949 bits per heavy atom. The van der Waals surface area contributed by atoms with Gasteiger partial charge in [0.15, 0.2) is 0 Å². The second-order valence-corrected chi connectivity index (χ2v) is 9.50. The van der Waals surface area contributed by atoms with Crippen molar-refractivity contribution in [1.29, 1.82) is 0 Å². The van der Waals surface area contributed by atoms with E-state index in [0.29, 0.717) is 27.6 Å². The SMILES string of the molecule is Cc1cccc(-c2ccc(C)c(-c3nc4c(ccc5cc(C(=O)NC(CC(=O)O)C(=O)O)cc(O)c54)[nH]3)c2)c1. The number of carboxylic acid groups (broad SMARTS) is 2. The van der Waals surface area contributed by atoms with E-state index in [9.17, 15) is 24.6 Å². The molecule has 1 heterocycles. The molecule has 0 aliphatic rings. The first-order valence-corrected chi connectivity index (χ1v) is 12.2. The van der Waals surface area contributed by atoms with E-state index in [2.05, 4.69) is 34.6 Å². The molecule has 1 amide bonds. The van der Waals surface area contributed by atoms with E-state index in [-0.39, 0.29) is 11.3 Å². The van der Waals surface area contributed by atoms with Crippen molar-refractivity contribution in [3.63, 3.8) is 0 Å². The Labute approximate surface area is 222 Å². The molecular formula is C30H25N3O6. The van der Waals surface area contributed by atoms with Gasteiger partial charge in [-0.1, -0.05) is 48.0 Å². The number of nitrogens with one attached hydrogen (secondary N) is 2. The van der Waals surface area contributed by atoms with Gasteiger partial charge in [-0.25, -0.2) is 9.78 Å². The number of amides is 1. The molecule has 0 radical (unpaired) electrons. The summed E-state index contributed by atoms with van der Waals surface area (Å²) < 4.78 is 0. The summed E-state index contributed by atoms with van der Waals surface area (Å²) in [6.07, 6.45) is -0.776. The molecule has 4 aromatic carbocycles. The smallest absolute Gasteiger partial charge is 0.326 e. The second kappa shape index (κ2) is 9.94. The van der Waals surface area contributed by atoms with Gasteiger partial charge < -0.3 is 25.6 Å². The molecular weight excluding hydrogens is 498 g/mol. The number of H-pyrrole nitrogens is 1. The standard InChI is InChI=1S/C30H25N3O6/c1-15-4-3-5-17(10-15)18-7-6-16(2)21(12-18)28-31-22-9-8-19-11-20(13-24(34)26(19)27(22)33-28)29(37)32-23(30(38)39)14-25(35)36/h3-13,23,34H,14H2,1-2H3,(H,31,33)(H,32,37)(H,35,36)(H,38,39). The third kappa shape index (κ3) is 5.02. The fourth-order valence-corrected chi connectivity index (χ4v) is 4.67. The van der Waals surface area contributed by atoms with Gasteiger partial charge in [0.1, 0.15) is 23.1 Å². The van der Waals surface area contributed by atoms with Gasteiger partial charge >= 0.3 is 11.9 Å². The minimum absolute atomic E-state index is 0.00607. The third-order valence-electron chi connectivity index (χ3n) is 6.63. The van der Waals surface area contributed by atoms with E-state index >= 15 is 0 Å². The molecule has 5 aromatic rings. The number of hydrogen-bond donors (Lipinski definition) is 5. The largest absolute Gasteiger partial charge is 0.507 e. The van der Waals surface area contributed by atoms with E-state index < -0.39 is 30.3 Å². The highest BCUT2D eigenvalue weighted by molar-refractivity contribution is 6.11. The summed E-state index contributed by atoms with van der Waals surface area (Å²) in [6.45, 7) is 4.04. The van der Waals surface area contributed by atoms with Gasteiger partial charge in [-0.15, -0.1) is 0 Å². The van der Waals surface area contributed by atoms with Crippen molar-refractivity contribution >= 4 is 39.7 Å². The molecule has 1 unspecified atom stereocenters. The number of phenols is 1. The number of benzene rings is 4. The van der Waals surface area contributed by atoms with Gasteiger partial charge in [-0.2, -0.15) is 0 Å². The van der Waals surface area contributed by atoms with Gasteiger partial charge in [0.25, 0.3) is 5.91 Å². The maximum Gasteiger partial charge on any atom is 0.326 e. The average molecular weight is 524 g/mol. The molecule has 0 bridgehead atoms. The highest BCUT2D eigenvalue weighted by atomic mass is 16.4. The van der Waals surface area contributed by atoms with E-state index in [0.717, 1.165) is 27.8 Å². The van der Waals surface area contributed by atoms with Crippen LogP contribution in [-0.2, 0) is 9.59 Å². The first-order valence-electron chi connectivity index (χ1n) is 12.2. The first kappa shape index (κ1) is 25.5. The zero-order valence-corrected chi connectivity index (χ0v) is 21.1. The normalized spacial score (nSPS) is 11.9. The molecule has 0 saturated heterocycles. The number of aliphatic carboxylic acids is 2. The molecule has 0 aliphatic heterocycles. The number of fused-ring (bicyclic) bond motifs is 3. The van der Waals surface area contributed by atoms with E-state index in [1.54, 1.807) is 12.1 Å². The third-order valence-corrected chi connectivity index (χ3v) is 6.63. The Kier molecular flexibility index (Phi) is 6.49. The van der Waals surface area contributed by atoms with Crippen LogP contribution in [0.2, 0.25) is 0 Å². The second-order valence-electron chi connectivity index (χ2n) is 9.50. The summed E-state index contributed by atoms with van der Waals surface area (Å²) in [4.78, 5) is 43.1. The van der Waals surface area contributed by atoms with Gasteiger partial charge in [0.2, 0.25) is 0 Å². The number of nitrogens with zero attached hydrogens (tertiary/aromatic N) is 1. The molecule has 1 aromatic heterocycles. The van der Waals surface area contributed by atoms with E-state index in [1.807, 2.05) is 32.0 Å². The summed E-state index contributed by atoms with van der Waals surface area (Å²) in [5, 5.41) is 32.2. The van der Waals surface area contributed by atoms with Crippen LogP contribution in [0.4, 0.5) is 0 Å². The monoisotopic (exact) mass is 523 g/mol. The number of phenolic OH excluding ortho intramolecular Hbond substituents is 1. The van der Waals surface area contributed by atoms with Crippen molar-refractivity contribution in [2.75, 3.05) is 0 Å². The Hall–Kier alpha value is -5.18. The minimum atomic E-state index is -1.61. The Balaban J connectivity index is 1.54. The number of aromatic amines is 1. The minimum Gasteiger partial charge on any atom is -0.507 e. The van der Waals surface area contributed by atoms with Crippen LogP contribution in [0.1, 0.15) is 27.9 Å². The lowest BCUT2D eigenvalue weighted by atomic mass is 9.98. The maximum absolute atomic E-state index is 12.7. The van der Waals surface area contributed by atoms with Crippen molar-refractivity contribution < 1.29 is 29.7 Å². The van der Waals surface area contributed by atoms with Crippen LogP contribution >= 0.6 is 0 Å². The summed E-state index contributed by atoms with van der Waals surface area (Å²) in [5.41, 5.74) is 6.43. The van der Waals surface area contributed by atoms with Crippen LogP contribution in [0.15, 0.2) is 66.7 Å². The summed E-state index contributed by atoms with van der Waals surface area (Å²) in [6, 6.07) is 19.0. The molecule has 0 aliphatic carbocycles. The van der Waals surface area contributed by atoms with Crippen LogP contribution in [0.3, 0.4) is 0 Å². The molecule has 39 heavy (non-hydrogen) atoms. The van der Waals surface area contributed by atoms with Crippen molar-refractivity contribution in [2.24, 2.45) is 0 Å². The van der Waals surface area contributed by atoms with E-state index in [1.165, 1.54) is 12.1 Å². The van der Waals surface area contributed by atoms with Gasteiger partial charge in [0.05, 0.1) is 17.3 Å².